The first-order chi connectivity index (χ1) is 6.72. The van der Waals surface area contributed by atoms with E-state index in [4.69, 9.17) is 9.84 Å². The van der Waals surface area contributed by atoms with Gasteiger partial charge in [-0.3, -0.25) is 0 Å². The Bertz CT molecular complexity index is 385. The molecule has 2 unspecified atom stereocenters. The molecule has 72 valence electrons. The summed E-state index contributed by atoms with van der Waals surface area (Å²) >= 11 is 0. The molecule has 0 aromatic heterocycles. The lowest BCUT2D eigenvalue weighted by molar-refractivity contribution is -0.108. The molecule has 1 aliphatic rings. The van der Waals surface area contributed by atoms with Crippen LogP contribution in [0, 0.1) is 0 Å². The molecule has 2 atom stereocenters. The average Bonchev–Trinajstić information content (AvgIpc) is 2.97. The van der Waals surface area contributed by atoms with Gasteiger partial charge in [0, 0.05) is 0 Å². The monoisotopic (exact) mass is 192 g/mol. The second kappa shape index (κ2) is 3.23. The Balaban J connectivity index is 2.23. The molecular formula is C10H8O4. The number of ether oxygens (including phenoxy) is 1. The van der Waals surface area contributed by atoms with Gasteiger partial charge in [-0.15, -0.1) is 0 Å². The van der Waals surface area contributed by atoms with E-state index in [2.05, 4.69) is 0 Å². The van der Waals surface area contributed by atoms with Gasteiger partial charge in [-0.2, -0.15) is 0 Å². The number of epoxide rings is 1. The van der Waals surface area contributed by atoms with E-state index in [1.165, 1.54) is 12.1 Å². The van der Waals surface area contributed by atoms with Crippen molar-refractivity contribution in [3.63, 3.8) is 0 Å². The number of carboxylic acid groups (broad SMARTS) is 1. The Morgan fingerprint density at radius 3 is 2.86 bits per heavy atom. The van der Waals surface area contributed by atoms with Gasteiger partial charge in [0.2, 0.25) is 0 Å². The largest absolute Gasteiger partial charge is 0.478 e. The van der Waals surface area contributed by atoms with Gasteiger partial charge in [0.05, 0.1) is 5.56 Å². The molecule has 0 radical (unpaired) electrons. The normalized spacial score (nSPS) is 24.3. The summed E-state index contributed by atoms with van der Waals surface area (Å²) in [7, 11) is 0. The molecule has 1 N–H and O–H groups in total. The minimum Gasteiger partial charge on any atom is -0.478 e. The molecule has 1 aromatic rings. The van der Waals surface area contributed by atoms with Gasteiger partial charge in [-0.25, -0.2) is 4.79 Å². The maximum absolute atomic E-state index is 10.6. The summed E-state index contributed by atoms with van der Waals surface area (Å²) in [5.74, 6) is -0.977. The van der Waals surface area contributed by atoms with E-state index in [1.807, 2.05) is 0 Å². The highest BCUT2D eigenvalue weighted by atomic mass is 16.6. The second-order valence-corrected chi connectivity index (χ2v) is 3.09. The highest BCUT2D eigenvalue weighted by molar-refractivity contribution is 5.87. The molecule has 1 aliphatic heterocycles. The Morgan fingerprint density at radius 2 is 2.29 bits per heavy atom. The number of rotatable bonds is 3. The van der Waals surface area contributed by atoms with Crippen molar-refractivity contribution >= 4 is 12.3 Å². The third-order valence-corrected chi connectivity index (χ3v) is 2.12. The summed E-state index contributed by atoms with van der Waals surface area (Å²) in [6.45, 7) is 0. The van der Waals surface area contributed by atoms with E-state index in [0.717, 1.165) is 11.8 Å². The zero-order valence-corrected chi connectivity index (χ0v) is 7.21. The fraction of sp³-hybridized carbons (Fsp3) is 0.200. The third kappa shape index (κ3) is 1.52. The number of carbonyl (C=O) groups is 2. The fourth-order valence-electron chi connectivity index (χ4n) is 1.34. The number of hydrogen-bond donors (Lipinski definition) is 1. The van der Waals surface area contributed by atoms with Crippen LogP contribution in [-0.4, -0.2) is 23.5 Å². The van der Waals surface area contributed by atoms with Gasteiger partial charge in [-0.1, -0.05) is 12.1 Å². The smallest absolute Gasteiger partial charge is 0.335 e. The minimum atomic E-state index is -0.977. The van der Waals surface area contributed by atoms with E-state index in [9.17, 15) is 9.59 Å². The number of carboxylic acids is 1. The van der Waals surface area contributed by atoms with E-state index >= 15 is 0 Å². The molecule has 1 heterocycles. The van der Waals surface area contributed by atoms with Crippen molar-refractivity contribution in [2.24, 2.45) is 0 Å². The van der Waals surface area contributed by atoms with E-state index in [0.29, 0.717) is 0 Å². The first-order valence-corrected chi connectivity index (χ1v) is 4.16. The van der Waals surface area contributed by atoms with Crippen molar-refractivity contribution in [3.05, 3.63) is 35.4 Å². The molecule has 0 aliphatic carbocycles. The molecule has 0 spiro atoms. The lowest BCUT2D eigenvalue weighted by atomic mass is 10.1. The predicted octanol–water partition coefficient (Wildman–Crippen LogP) is 1.02. The van der Waals surface area contributed by atoms with Crippen LogP contribution in [0.3, 0.4) is 0 Å². The topological polar surface area (TPSA) is 66.9 Å². The summed E-state index contributed by atoms with van der Waals surface area (Å²) in [6.07, 6.45) is 0.0591. The van der Waals surface area contributed by atoms with Gasteiger partial charge in [0.1, 0.15) is 12.2 Å². The maximum atomic E-state index is 10.6. The molecule has 0 bridgehead atoms. The molecule has 0 amide bonds. The Morgan fingerprint density at radius 1 is 1.50 bits per heavy atom. The Labute approximate surface area is 80.1 Å². The molecule has 1 saturated heterocycles. The molecular weight excluding hydrogens is 184 g/mol. The highest BCUT2D eigenvalue weighted by Gasteiger charge is 2.40. The van der Waals surface area contributed by atoms with Crippen molar-refractivity contribution in [2.75, 3.05) is 0 Å². The molecule has 1 fully saturated rings. The lowest BCUT2D eigenvalue weighted by Crippen LogP contribution is -1.97. The van der Waals surface area contributed by atoms with Crippen molar-refractivity contribution in [1.82, 2.24) is 0 Å². The van der Waals surface area contributed by atoms with Crippen molar-refractivity contribution in [1.29, 1.82) is 0 Å². The van der Waals surface area contributed by atoms with Crippen molar-refractivity contribution in [2.45, 2.75) is 12.2 Å². The summed E-state index contributed by atoms with van der Waals surface area (Å²) < 4.78 is 5.03. The summed E-state index contributed by atoms with van der Waals surface area (Å²) in [6, 6.07) is 6.42. The number of aromatic carboxylic acids is 1. The summed E-state index contributed by atoms with van der Waals surface area (Å²) in [5.41, 5.74) is 0.949. The van der Waals surface area contributed by atoms with Gasteiger partial charge in [0.25, 0.3) is 0 Å². The van der Waals surface area contributed by atoms with Crippen LogP contribution in [0.1, 0.15) is 22.0 Å². The first kappa shape index (κ1) is 8.90. The van der Waals surface area contributed by atoms with E-state index in [-0.39, 0.29) is 11.7 Å². The van der Waals surface area contributed by atoms with Gasteiger partial charge in [0.15, 0.2) is 6.29 Å². The number of benzene rings is 1. The molecule has 4 nitrogen and oxygen atoms in total. The van der Waals surface area contributed by atoms with E-state index in [1.54, 1.807) is 12.1 Å². The van der Waals surface area contributed by atoms with E-state index < -0.39 is 12.1 Å². The minimum absolute atomic E-state index is 0.211. The molecule has 2 rings (SSSR count). The lowest BCUT2D eigenvalue weighted by Gasteiger charge is -1.97. The van der Waals surface area contributed by atoms with Crippen LogP contribution in [0.2, 0.25) is 0 Å². The maximum Gasteiger partial charge on any atom is 0.335 e. The van der Waals surface area contributed by atoms with Crippen LogP contribution >= 0.6 is 0 Å². The quantitative estimate of drug-likeness (QED) is 0.573. The van der Waals surface area contributed by atoms with Gasteiger partial charge >= 0.3 is 5.97 Å². The fourth-order valence-corrected chi connectivity index (χ4v) is 1.34. The van der Waals surface area contributed by atoms with Crippen LogP contribution in [0.25, 0.3) is 0 Å². The molecule has 14 heavy (non-hydrogen) atoms. The first-order valence-electron chi connectivity index (χ1n) is 4.16. The Hall–Kier alpha value is -1.68. The number of carbonyl (C=O) groups excluding carboxylic acids is 1. The predicted molar refractivity (Wildman–Crippen MR) is 47.1 cm³/mol. The van der Waals surface area contributed by atoms with Gasteiger partial charge in [-0.05, 0) is 17.7 Å². The molecule has 4 heteroatoms. The third-order valence-electron chi connectivity index (χ3n) is 2.12. The highest BCUT2D eigenvalue weighted by Crippen LogP contribution is 2.37. The second-order valence-electron chi connectivity index (χ2n) is 3.09. The van der Waals surface area contributed by atoms with Crippen molar-refractivity contribution < 1.29 is 19.4 Å². The SMILES string of the molecule is O=CC1OC1c1cccc(C(=O)O)c1. The summed E-state index contributed by atoms with van der Waals surface area (Å²) in [4.78, 5) is 21.0. The average molecular weight is 192 g/mol. The standard InChI is InChI=1S/C10H8O4/c11-5-8-9(14-8)6-2-1-3-7(4-6)10(12)13/h1-5,8-9H,(H,12,13). The van der Waals surface area contributed by atoms with Crippen molar-refractivity contribution in [3.8, 4) is 0 Å². The molecule has 1 aromatic carbocycles. The van der Waals surface area contributed by atoms with Crippen LogP contribution < -0.4 is 0 Å². The number of aldehydes is 1. The number of hydrogen-bond acceptors (Lipinski definition) is 3. The Kier molecular flexibility index (Phi) is 2.05. The van der Waals surface area contributed by atoms with Crippen LogP contribution in [0.5, 0.6) is 0 Å². The van der Waals surface area contributed by atoms with Crippen LogP contribution in [0.4, 0.5) is 0 Å². The van der Waals surface area contributed by atoms with Crippen LogP contribution in [-0.2, 0) is 9.53 Å². The zero-order chi connectivity index (χ0) is 10.1. The molecule has 0 saturated carbocycles. The van der Waals surface area contributed by atoms with Gasteiger partial charge < -0.3 is 14.6 Å². The zero-order valence-electron chi connectivity index (χ0n) is 7.21. The van der Waals surface area contributed by atoms with Crippen LogP contribution in [0.15, 0.2) is 24.3 Å². The summed E-state index contributed by atoms with van der Waals surface area (Å²) in [5, 5.41) is 8.72.